The second-order valence-electron chi connectivity index (χ2n) is 6.85. The Morgan fingerprint density at radius 2 is 1.93 bits per heavy atom. The van der Waals surface area contributed by atoms with Crippen LogP contribution in [0.15, 0.2) is 28.7 Å². The molecule has 0 radical (unpaired) electrons. The molecule has 1 N–H and O–H groups in total. The van der Waals surface area contributed by atoms with Crippen molar-refractivity contribution in [3.05, 3.63) is 52.7 Å². The first-order valence-corrected chi connectivity index (χ1v) is 9.04. The Morgan fingerprint density at radius 1 is 1.28 bits per heavy atom. The lowest BCUT2D eigenvalue weighted by atomic mass is 9.98. The van der Waals surface area contributed by atoms with Gasteiger partial charge in [0.05, 0.1) is 12.2 Å². The average molecular weight is 407 g/mol. The molecule has 3 rings (SSSR count). The molecule has 1 heterocycles. The molecule has 0 amide bonds. The van der Waals surface area contributed by atoms with Gasteiger partial charge in [0, 0.05) is 0 Å². The van der Waals surface area contributed by atoms with Gasteiger partial charge in [0.1, 0.15) is 11.3 Å². The maximum absolute atomic E-state index is 13.1. The highest BCUT2D eigenvalue weighted by molar-refractivity contribution is 6.04. The van der Waals surface area contributed by atoms with E-state index in [2.05, 4.69) is 4.98 Å². The van der Waals surface area contributed by atoms with Gasteiger partial charge >= 0.3 is 6.43 Å². The molecule has 0 aliphatic carbocycles. The summed E-state index contributed by atoms with van der Waals surface area (Å²) in [5.41, 5.74) is 1.01. The van der Waals surface area contributed by atoms with E-state index in [1.807, 2.05) is 6.92 Å². The Bertz CT molecular complexity index is 1040. The summed E-state index contributed by atoms with van der Waals surface area (Å²) in [6.45, 7) is 4.77. The number of fused-ring (bicyclic) bond motifs is 1. The number of hydrogen-bond donors (Lipinski definition) is 1. The molecule has 1 aromatic heterocycles. The first kappa shape index (κ1) is 20.7. The number of hydrogen-bond acceptors (Lipinski definition) is 5. The highest BCUT2D eigenvalue weighted by Crippen LogP contribution is 2.42. The highest BCUT2D eigenvalue weighted by atomic mass is 19.3. The summed E-state index contributed by atoms with van der Waals surface area (Å²) >= 11 is 0. The zero-order valence-electron chi connectivity index (χ0n) is 16.1. The van der Waals surface area contributed by atoms with E-state index in [9.17, 15) is 23.1 Å². The molecule has 1 unspecified atom stereocenters. The maximum Gasteiger partial charge on any atom is 0.313 e. The number of rotatable bonds is 7. The Labute approximate surface area is 165 Å². The monoisotopic (exact) mass is 407 g/mol. The minimum atomic E-state index is -2.95. The van der Waals surface area contributed by atoms with Crippen LogP contribution >= 0.6 is 0 Å². The number of ketones is 1. The SMILES string of the molecule is CC(=O)c1c(O)c(OCCC(C)c2ccc(F)cc2)c2oc(C(F)F)nc2c1C. The van der Waals surface area contributed by atoms with Crippen LogP contribution in [0.5, 0.6) is 11.5 Å². The Morgan fingerprint density at radius 3 is 2.52 bits per heavy atom. The summed E-state index contributed by atoms with van der Waals surface area (Å²) in [6.07, 6.45) is -2.46. The van der Waals surface area contributed by atoms with Crippen molar-refractivity contribution < 1.29 is 32.2 Å². The second-order valence-corrected chi connectivity index (χ2v) is 6.85. The van der Waals surface area contributed by atoms with Crippen molar-refractivity contribution in [3.63, 3.8) is 0 Å². The number of benzene rings is 2. The van der Waals surface area contributed by atoms with Gasteiger partial charge in [-0.25, -0.2) is 9.37 Å². The van der Waals surface area contributed by atoms with Gasteiger partial charge in [-0.05, 0) is 49.4 Å². The number of halogens is 3. The second kappa shape index (κ2) is 8.14. The minimum absolute atomic E-state index is 0.0114. The van der Waals surface area contributed by atoms with Gasteiger partial charge in [0.2, 0.25) is 11.3 Å². The number of oxazole rings is 1. The number of ether oxygens (including phenoxy) is 1. The number of nitrogens with zero attached hydrogens (tertiary/aromatic N) is 1. The average Bonchev–Trinajstić information content (AvgIpc) is 3.10. The lowest BCUT2D eigenvalue weighted by Crippen LogP contribution is -2.06. The van der Waals surface area contributed by atoms with Crippen LogP contribution < -0.4 is 4.74 Å². The largest absolute Gasteiger partial charge is 0.504 e. The third-order valence-electron chi connectivity index (χ3n) is 4.81. The van der Waals surface area contributed by atoms with E-state index in [0.29, 0.717) is 6.42 Å². The zero-order valence-corrected chi connectivity index (χ0v) is 16.1. The molecule has 0 aliphatic rings. The molecule has 2 aromatic carbocycles. The van der Waals surface area contributed by atoms with E-state index in [1.165, 1.54) is 26.0 Å². The van der Waals surface area contributed by atoms with E-state index in [-0.39, 0.29) is 46.3 Å². The van der Waals surface area contributed by atoms with E-state index < -0.39 is 23.8 Å². The number of Topliss-reactive ketones (excluding diaryl/α,β-unsaturated/α-hetero) is 1. The Balaban J connectivity index is 1.91. The lowest BCUT2D eigenvalue weighted by Gasteiger charge is -2.15. The number of aromatic nitrogens is 1. The number of aryl methyl sites for hydroxylation is 1. The van der Waals surface area contributed by atoms with Crippen molar-refractivity contribution >= 4 is 16.9 Å². The molecule has 0 saturated heterocycles. The first-order valence-electron chi connectivity index (χ1n) is 9.04. The quantitative estimate of drug-likeness (QED) is 0.509. The predicted molar refractivity (Wildman–Crippen MR) is 100 cm³/mol. The van der Waals surface area contributed by atoms with Crippen molar-refractivity contribution in [3.8, 4) is 11.5 Å². The number of aromatic hydroxyl groups is 1. The highest BCUT2D eigenvalue weighted by Gasteiger charge is 2.27. The van der Waals surface area contributed by atoms with Crippen LogP contribution in [0, 0.1) is 12.7 Å². The summed E-state index contributed by atoms with van der Waals surface area (Å²) in [4.78, 5) is 15.7. The molecule has 8 heteroatoms. The van der Waals surface area contributed by atoms with E-state index in [0.717, 1.165) is 5.56 Å². The molecule has 0 spiro atoms. The third-order valence-corrected chi connectivity index (χ3v) is 4.81. The van der Waals surface area contributed by atoms with E-state index in [4.69, 9.17) is 9.15 Å². The summed E-state index contributed by atoms with van der Waals surface area (Å²) < 4.78 is 49.9. The fraction of sp³-hybridized carbons (Fsp3) is 0.333. The van der Waals surface area contributed by atoms with E-state index >= 15 is 0 Å². The molecule has 0 aliphatic heterocycles. The summed E-state index contributed by atoms with van der Waals surface area (Å²) in [5, 5.41) is 10.5. The molecule has 5 nitrogen and oxygen atoms in total. The van der Waals surface area contributed by atoms with Crippen molar-refractivity contribution in [2.24, 2.45) is 0 Å². The van der Waals surface area contributed by atoms with Crippen LogP contribution in [0.1, 0.15) is 60.0 Å². The number of phenolic OH excluding ortho intramolecular Hbond substituents is 1. The van der Waals surface area contributed by atoms with Gasteiger partial charge in [-0.2, -0.15) is 8.78 Å². The van der Waals surface area contributed by atoms with Crippen molar-refractivity contribution in [2.45, 2.75) is 39.5 Å². The molecular weight excluding hydrogens is 387 g/mol. The molecule has 29 heavy (non-hydrogen) atoms. The molecule has 0 fully saturated rings. The Kier molecular flexibility index (Phi) is 5.81. The van der Waals surface area contributed by atoms with Crippen molar-refractivity contribution in [1.82, 2.24) is 4.98 Å². The van der Waals surface area contributed by atoms with Crippen LogP contribution in [0.25, 0.3) is 11.1 Å². The fourth-order valence-corrected chi connectivity index (χ4v) is 3.22. The normalized spacial score (nSPS) is 12.5. The van der Waals surface area contributed by atoms with Crippen LogP contribution in [0.2, 0.25) is 0 Å². The molecule has 0 bridgehead atoms. The number of carbonyl (C=O) groups excluding carboxylic acids is 1. The molecule has 0 saturated carbocycles. The topological polar surface area (TPSA) is 72.6 Å². The Hall–Kier alpha value is -3.03. The lowest BCUT2D eigenvalue weighted by molar-refractivity contribution is 0.101. The van der Waals surface area contributed by atoms with Gasteiger partial charge in [-0.1, -0.05) is 19.1 Å². The molecule has 3 aromatic rings. The first-order chi connectivity index (χ1) is 13.7. The van der Waals surface area contributed by atoms with Crippen molar-refractivity contribution in [2.75, 3.05) is 6.61 Å². The van der Waals surface area contributed by atoms with Gasteiger partial charge < -0.3 is 14.3 Å². The standard InChI is InChI=1S/C21H20F3NO4/c1-10(13-4-6-14(22)7-5-13)8-9-28-19-17(27)15(12(3)26)11(2)16-18(19)29-21(25-16)20(23)24/h4-7,10,20,27H,8-9H2,1-3H3. The number of carbonyl (C=O) groups is 1. The fourth-order valence-electron chi connectivity index (χ4n) is 3.22. The van der Waals surface area contributed by atoms with Crippen LogP contribution in [-0.2, 0) is 0 Å². The maximum atomic E-state index is 13.1. The van der Waals surface area contributed by atoms with Crippen LogP contribution in [0.3, 0.4) is 0 Å². The summed E-state index contributed by atoms with van der Waals surface area (Å²) in [7, 11) is 0. The minimum Gasteiger partial charge on any atom is -0.504 e. The van der Waals surface area contributed by atoms with Gasteiger partial charge in [0.15, 0.2) is 11.5 Å². The number of phenols is 1. The van der Waals surface area contributed by atoms with Crippen LogP contribution in [0.4, 0.5) is 13.2 Å². The van der Waals surface area contributed by atoms with Gasteiger partial charge in [-0.3, -0.25) is 4.79 Å². The van der Waals surface area contributed by atoms with Gasteiger partial charge in [-0.15, -0.1) is 0 Å². The smallest absolute Gasteiger partial charge is 0.313 e. The van der Waals surface area contributed by atoms with Crippen LogP contribution in [-0.4, -0.2) is 22.5 Å². The molecular formula is C21H20F3NO4. The zero-order chi connectivity index (χ0) is 21.3. The number of alkyl halides is 2. The van der Waals surface area contributed by atoms with E-state index in [1.54, 1.807) is 12.1 Å². The van der Waals surface area contributed by atoms with Crippen molar-refractivity contribution in [1.29, 1.82) is 0 Å². The predicted octanol–water partition coefficient (Wildman–Crippen LogP) is 5.69. The third kappa shape index (κ3) is 4.06. The molecule has 154 valence electrons. The molecule has 1 atom stereocenters. The van der Waals surface area contributed by atoms with Gasteiger partial charge in [0.25, 0.3) is 5.89 Å². The summed E-state index contributed by atoms with van der Waals surface area (Å²) in [5.74, 6) is -2.24. The summed E-state index contributed by atoms with van der Waals surface area (Å²) in [6, 6.07) is 6.06.